The van der Waals surface area contributed by atoms with Crippen LogP contribution in [0.5, 0.6) is 0 Å². The van der Waals surface area contributed by atoms with E-state index in [1.807, 2.05) is 0 Å². The molecule has 1 heterocycles. The fraction of sp³-hybridized carbons (Fsp3) is 0.0870. The molecule has 0 aliphatic rings. The van der Waals surface area contributed by atoms with E-state index in [0.29, 0.717) is 10.5 Å². The predicted molar refractivity (Wildman–Crippen MR) is 112 cm³/mol. The second-order valence-corrected chi connectivity index (χ2v) is 7.02. The Labute approximate surface area is 179 Å². The van der Waals surface area contributed by atoms with E-state index in [1.54, 1.807) is 48.5 Å². The molecule has 3 aromatic carbocycles. The summed E-state index contributed by atoms with van der Waals surface area (Å²) in [6.07, 6.45) is -4.72. The standard InChI is InChI=1S/C23H16F3N3O3/c24-23(25,26)17-11-12-18-19(13-17)29(32)21(20(28(18)31)16-9-5-2-6-10-16)22(30)27-14-15-7-3-1-4-8-15/h1-13H,14H2,(H,27,30). The summed E-state index contributed by atoms with van der Waals surface area (Å²) in [5.74, 6) is -0.883. The number of carbonyl (C=O) groups is 1. The number of benzene rings is 3. The van der Waals surface area contributed by atoms with Crippen molar-refractivity contribution in [2.45, 2.75) is 12.7 Å². The first-order valence-corrected chi connectivity index (χ1v) is 9.55. The third kappa shape index (κ3) is 3.92. The van der Waals surface area contributed by atoms with E-state index in [0.717, 1.165) is 17.7 Å². The van der Waals surface area contributed by atoms with Gasteiger partial charge in [-0.3, -0.25) is 4.79 Å². The van der Waals surface area contributed by atoms with Crippen LogP contribution in [0.3, 0.4) is 0 Å². The molecule has 1 aromatic heterocycles. The minimum atomic E-state index is -4.72. The quantitative estimate of drug-likeness (QED) is 0.475. The van der Waals surface area contributed by atoms with Gasteiger partial charge in [0.05, 0.1) is 15.6 Å². The number of rotatable bonds is 4. The van der Waals surface area contributed by atoms with E-state index >= 15 is 0 Å². The summed E-state index contributed by atoms with van der Waals surface area (Å²) in [6, 6.07) is 19.1. The highest BCUT2D eigenvalue weighted by atomic mass is 19.4. The SMILES string of the molecule is O=C(NCc1ccccc1)c1c(-c2ccccc2)[n+](=O)c2ccc(C(F)(F)F)cc2n1[O-]. The van der Waals surface area contributed by atoms with Crippen LogP contribution in [0.1, 0.15) is 21.6 Å². The highest BCUT2D eigenvalue weighted by molar-refractivity contribution is 5.99. The minimum absolute atomic E-state index is 0.0629. The molecule has 0 spiro atoms. The molecule has 4 aromatic rings. The van der Waals surface area contributed by atoms with Crippen molar-refractivity contribution in [2.75, 3.05) is 0 Å². The molecular weight excluding hydrogens is 423 g/mol. The molecule has 1 N–H and O–H groups in total. The van der Waals surface area contributed by atoms with Crippen molar-refractivity contribution in [1.29, 1.82) is 0 Å². The van der Waals surface area contributed by atoms with Crippen LogP contribution >= 0.6 is 0 Å². The molecule has 6 nitrogen and oxygen atoms in total. The number of alkyl halides is 3. The van der Waals surface area contributed by atoms with Gasteiger partial charge in [0.15, 0.2) is 5.69 Å². The number of amides is 1. The Morgan fingerprint density at radius 1 is 0.969 bits per heavy atom. The largest absolute Gasteiger partial charge is 0.805 e. The molecule has 0 atom stereocenters. The van der Waals surface area contributed by atoms with Crippen LogP contribution in [0.15, 0.2) is 78.9 Å². The van der Waals surface area contributed by atoms with E-state index < -0.39 is 28.9 Å². The molecule has 162 valence electrons. The summed E-state index contributed by atoms with van der Waals surface area (Å²) in [5.41, 5.74) is -1.76. The summed E-state index contributed by atoms with van der Waals surface area (Å²) in [4.78, 5) is 26.1. The lowest BCUT2D eigenvalue weighted by atomic mass is 10.1. The average molecular weight is 439 g/mol. The zero-order valence-corrected chi connectivity index (χ0v) is 16.5. The van der Waals surface area contributed by atoms with Gasteiger partial charge in [-0.1, -0.05) is 48.5 Å². The molecule has 0 saturated carbocycles. The van der Waals surface area contributed by atoms with Crippen LogP contribution in [0.25, 0.3) is 22.3 Å². The lowest BCUT2D eigenvalue weighted by Gasteiger charge is -2.19. The molecule has 0 fully saturated rings. The number of aromatic nitrogens is 2. The Balaban J connectivity index is 1.92. The molecule has 4 rings (SSSR count). The van der Waals surface area contributed by atoms with E-state index in [4.69, 9.17) is 0 Å². The van der Waals surface area contributed by atoms with E-state index in [-0.39, 0.29) is 28.0 Å². The lowest BCUT2D eigenvalue weighted by Crippen LogP contribution is -2.33. The Morgan fingerprint density at radius 2 is 1.59 bits per heavy atom. The maximum Gasteiger partial charge on any atom is 0.416 e. The van der Waals surface area contributed by atoms with Crippen LogP contribution in [0.4, 0.5) is 13.2 Å². The van der Waals surface area contributed by atoms with Gasteiger partial charge in [0.2, 0.25) is 0 Å². The molecule has 32 heavy (non-hydrogen) atoms. The third-order valence-corrected chi connectivity index (χ3v) is 4.93. The highest BCUT2D eigenvalue weighted by Gasteiger charge is 2.34. The normalized spacial score (nSPS) is 11.5. The summed E-state index contributed by atoms with van der Waals surface area (Å²) in [5, 5.41) is 15.7. The molecule has 0 radical (unpaired) electrons. The van der Waals surface area contributed by atoms with E-state index in [9.17, 15) is 28.1 Å². The van der Waals surface area contributed by atoms with Gasteiger partial charge in [0.25, 0.3) is 17.1 Å². The number of fused-ring (bicyclic) bond motifs is 1. The van der Waals surface area contributed by atoms with Crippen molar-refractivity contribution >= 4 is 16.9 Å². The summed E-state index contributed by atoms with van der Waals surface area (Å²) >= 11 is 0. The summed E-state index contributed by atoms with van der Waals surface area (Å²) < 4.78 is 40.0. The maximum atomic E-state index is 13.2. The molecule has 0 bridgehead atoms. The minimum Gasteiger partial charge on any atom is -0.805 e. The number of nitrogens with one attached hydrogen (secondary N) is 1. The van der Waals surface area contributed by atoms with Gasteiger partial charge in [-0.15, -0.1) is 0 Å². The Hall–Kier alpha value is -4.14. The third-order valence-electron chi connectivity index (χ3n) is 4.93. The van der Waals surface area contributed by atoms with Gasteiger partial charge in [-0.05, 0) is 29.8 Å². The first-order valence-electron chi connectivity index (χ1n) is 9.55. The number of nitrogens with zero attached hydrogens (tertiary/aromatic N) is 2. The average Bonchev–Trinajstić information content (AvgIpc) is 2.80. The van der Waals surface area contributed by atoms with Crippen molar-refractivity contribution < 1.29 is 22.4 Å². The molecule has 0 saturated heterocycles. The molecule has 9 heteroatoms. The van der Waals surface area contributed by atoms with Gasteiger partial charge in [0.1, 0.15) is 5.52 Å². The van der Waals surface area contributed by atoms with Crippen LogP contribution in [-0.4, -0.2) is 10.6 Å². The van der Waals surface area contributed by atoms with Gasteiger partial charge in [0, 0.05) is 17.5 Å². The van der Waals surface area contributed by atoms with Crippen LogP contribution in [0, 0.1) is 10.1 Å². The monoisotopic (exact) mass is 439 g/mol. The topological polar surface area (TPSA) is 80.1 Å². The first-order chi connectivity index (χ1) is 15.3. The lowest BCUT2D eigenvalue weighted by molar-refractivity contribution is -0.452. The van der Waals surface area contributed by atoms with Crippen LogP contribution in [0.2, 0.25) is 0 Å². The zero-order valence-electron chi connectivity index (χ0n) is 16.5. The van der Waals surface area contributed by atoms with Crippen molar-refractivity contribution in [1.82, 2.24) is 10.0 Å². The molecular formula is C23H16F3N3O3. The van der Waals surface area contributed by atoms with Crippen molar-refractivity contribution in [3.63, 3.8) is 0 Å². The van der Waals surface area contributed by atoms with Gasteiger partial charge < -0.3 is 15.3 Å². The summed E-state index contributed by atoms with van der Waals surface area (Å²) in [7, 11) is 0. The fourth-order valence-electron chi connectivity index (χ4n) is 3.38. The molecule has 1 amide bonds. The zero-order chi connectivity index (χ0) is 22.9. The maximum absolute atomic E-state index is 13.2. The highest BCUT2D eigenvalue weighted by Crippen LogP contribution is 2.32. The van der Waals surface area contributed by atoms with E-state index in [1.165, 1.54) is 12.1 Å². The number of carbonyl (C=O) groups excluding carboxylic acids is 1. The number of hydrogen-bond acceptors (Lipinski definition) is 3. The number of halogens is 3. The van der Waals surface area contributed by atoms with Crippen LogP contribution in [-0.2, 0) is 12.7 Å². The molecule has 0 aliphatic heterocycles. The molecule has 0 aliphatic carbocycles. The van der Waals surface area contributed by atoms with E-state index in [2.05, 4.69) is 5.32 Å². The van der Waals surface area contributed by atoms with Gasteiger partial charge >= 0.3 is 6.18 Å². The van der Waals surface area contributed by atoms with Crippen molar-refractivity contribution in [3.8, 4) is 11.3 Å². The van der Waals surface area contributed by atoms with Gasteiger partial charge in [-0.2, -0.15) is 13.2 Å². The first kappa shape index (κ1) is 21.1. The Kier molecular flexibility index (Phi) is 5.40. The second kappa shape index (κ2) is 8.18. The van der Waals surface area contributed by atoms with Gasteiger partial charge in [-0.25, -0.2) is 0 Å². The predicted octanol–water partition coefficient (Wildman–Crippen LogP) is 4.52. The molecule has 0 unspecified atom stereocenters. The van der Waals surface area contributed by atoms with Crippen LogP contribution < -0.4 is 9.74 Å². The second-order valence-electron chi connectivity index (χ2n) is 7.02. The van der Waals surface area contributed by atoms with Crippen molar-refractivity contribution in [3.05, 3.63) is 106 Å². The number of hydrogen-bond donors (Lipinski definition) is 1. The Morgan fingerprint density at radius 3 is 2.22 bits per heavy atom. The summed E-state index contributed by atoms with van der Waals surface area (Å²) in [6.45, 7) is 0.0629. The fourth-order valence-corrected chi connectivity index (χ4v) is 3.38. The van der Waals surface area contributed by atoms with Crippen molar-refractivity contribution in [2.24, 2.45) is 0 Å². The smallest absolute Gasteiger partial charge is 0.416 e. The Bertz CT molecular complexity index is 1350.